The lowest BCUT2D eigenvalue weighted by atomic mass is 10.3. The largest absolute Gasteiger partial charge is 0.427 e. The Morgan fingerprint density at radius 1 is 1.33 bits per heavy atom. The molecule has 0 aromatic heterocycles. The lowest BCUT2D eigenvalue weighted by Gasteiger charge is -1.96. The van der Waals surface area contributed by atoms with E-state index in [0.717, 1.165) is 5.75 Å². The molecule has 0 aliphatic heterocycles. The van der Waals surface area contributed by atoms with Crippen LogP contribution in [0.2, 0.25) is 6.04 Å². The molecule has 0 aliphatic carbocycles. The highest BCUT2D eigenvalue weighted by molar-refractivity contribution is 7.80. The van der Waals surface area contributed by atoms with Crippen LogP contribution in [0.5, 0.6) is 0 Å². The molecular weight excluding hydrogens is 148 g/mol. The molecule has 0 radical (unpaired) electrons. The maximum absolute atomic E-state index is 5.04. The van der Waals surface area contributed by atoms with Gasteiger partial charge in [-0.25, -0.2) is 0 Å². The fraction of sp³-hybridized carbons (Fsp3) is 1.00. The monoisotopic (exact) mass is 164 g/mol. The third-order valence-electron chi connectivity index (χ3n) is 1.26. The Hall–Kier alpha value is 0.527. The van der Waals surface area contributed by atoms with Crippen molar-refractivity contribution in [2.75, 3.05) is 12.9 Å². The molecule has 0 unspecified atom stereocenters. The molecule has 1 nitrogen and oxygen atoms in total. The molecule has 0 rings (SSSR count). The van der Waals surface area contributed by atoms with Crippen LogP contribution in [0.25, 0.3) is 0 Å². The van der Waals surface area contributed by atoms with Crippen molar-refractivity contribution >= 4 is 22.4 Å². The van der Waals surface area contributed by atoms with Gasteiger partial charge in [-0.3, -0.25) is 0 Å². The van der Waals surface area contributed by atoms with Gasteiger partial charge in [-0.1, -0.05) is 12.8 Å². The van der Waals surface area contributed by atoms with E-state index < -0.39 is 0 Å². The Morgan fingerprint density at radius 3 is 2.67 bits per heavy atom. The number of rotatable bonds is 6. The smallest absolute Gasteiger partial charge is 0.161 e. The normalized spacial score (nSPS) is 11.3. The van der Waals surface area contributed by atoms with Crippen molar-refractivity contribution in [1.82, 2.24) is 0 Å². The van der Waals surface area contributed by atoms with Gasteiger partial charge in [0.2, 0.25) is 0 Å². The Labute approximate surface area is 65.5 Å². The second-order valence-electron chi connectivity index (χ2n) is 2.13. The molecule has 0 N–H and O–H groups in total. The molecule has 3 heteroatoms. The fourth-order valence-corrected chi connectivity index (χ4v) is 1.78. The second-order valence-corrected chi connectivity index (χ2v) is 4.27. The van der Waals surface area contributed by atoms with Crippen molar-refractivity contribution in [3.8, 4) is 0 Å². The molecule has 9 heavy (non-hydrogen) atoms. The summed E-state index contributed by atoms with van der Waals surface area (Å²) < 4.78 is 5.04. The first kappa shape index (κ1) is 9.53. The molecule has 0 atom stereocenters. The summed E-state index contributed by atoms with van der Waals surface area (Å²) in [5.41, 5.74) is 0. The van der Waals surface area contributed by atoms with Gasteiger partial charge in [0.25, 0.3) is 0 Å². The predicted octanol–water partition coefficient (Wildman–Crippen LogP) is 1.23. The molecule has 0 saturated heterocycles. The molecule has 0 aliphatic rings. The van der Waals surface area contributed by atoms with E-state index in [0.29, 0.717) is 0 Å². The molecule has 0 bridgehead atoms. The predicted molar refractivity (Wildman–Crippen MR) is 48.1 cm³/mol. The van der Waals surface area contributed by atoms with Crippen molar-refractivity contribution in [3.63, 3.8) is 0 Å². The van der Waals surface area contributed by atoms with Crippen LogP contribution in [0.15, 0.2) is 0 Å². The van der Waals surface area contributed by atoms with Gasteiger partial charge in [-0.05, 0) is 18.2 Å². The van der Waals surface area contributed by atoms with Gasteiger partial charge in [0, 0.05) is 7.11 Å². The zero-order valence-electron chi connectivity index (χ0n) is 6.10. The van der Waals surface area contributed by atoms with Gasteiger partial charge in [0.1, 0.15) is 0 Å². The third kappa shape index (κ3) is 8.53. The molecule has 0 amide bonds. The summed E-state index contributed by atoms with van der Waals surface area (Å²) in [7, 11) is 1.68. The first-order chi connectivity index (χ1) is 4.41. The van der Waals surface area contributed by atoms with Crippen LogP contribution in [-0.2, 0) is 4.43 Å². The first-order valence-corrected chi connectivity index (χ1v) is 5.72. The van der Waals surface area contributed by atoms with E-state index in [1.807, 2.05) is 7.11 Å². The molecule has 56 valence electrons. The summed E-state index contributed by atoms with van der Waals surface area (Å²) in [5.74, 6) is 1.04. The molecule has 0 spiro atoms. The fourth-order valence-electron chi connectivity index (χ4n) is 0.712. The summed E-state index contributed by atoms with van der Waals surface area (Å²) in [5, 5.41) is 0. The van der Waals surface area contributed by atoms with Gasteiger partial charge in [-0.2, -0.15) is 12.6 Å². The first-order valence-electron chi connectivity index (χ1n) is 3.51. The third-order valence-corrected chi connectivity index (χ3v) is 2.77. The summed E-state index contributed by atoms with van der Waals surface area (Å²) >= 11 is 4.13. The number of hydrogen-bond donors (Lipinski definition) is 1. The average molecular weight is 164 g/mol. The van der Waals surface area contributed by atoms with Gasteiger partial charge in [0.15, 0.2) is 9.76 Å². The van der Waals surface area contributed by atoms with E-state index in [1.54, 1.807) is 0 Å². The van der Waals surface area contributed by atoms with Crippen LogP contribution in [0.1, 0.15) is 19.3 Å². The van der Waals surface area contributed by atoms with Crippen LogP contribution in [0, 0.1) is 0 Å². The number of thiol groups is 1. The van der Waals surface area contributed by atoms with Crippen molar-refractivity contribution in [2.45, 2.75) is 25.3 Å². The summed E-state index contributed by atoms with van der Waals surface area (Å²) in [6.07, 6.45) is 3.95. The van der Waals surface area contributed by atoms with Gasteiger partial charge in [-0.15, -0.1) is 0 Å². The molecule has 0 aromatic carbocycles. The Morgan fingerprint density at radius 2 is 2.11 bits per heavy atom. The van der Waals surface area contributed by atoms with E-state index in [9.17, 15) is 0 Å². The lowest BCUT2D eigenvalue weighted by molar-refractivity contribution is 0.439. The molecule has 0 fully saturated rings. The lowest BCUT2D eigenvalue weighted by Crippen LogP contribution is -1.91. The van der Waals surface area contributed by atoms with Crippen molar-refractivity contribution in [2.24, 2.45) is 0 Å². The maximum atomic E-state index is 5.04. The topological polar surface area (TPSA) is 9.23 Å². The number of hydrogen-bond acceptors (Lipinski definition) is 2. The minimum absolute atomic E-state index is 0.131. The van der Waals surface area contributed by atoms with Crippen molar-refractivity contribution < 1.29 is 4.43 Å². The maximum Gasteiger partial charge on any atom is 0.161 e. The Bertz CT molecular complexity index is 46.3. The molecule has 0 heterocycles. The Kier molecular flexibility index (Phi) is 9.03. The van der Waals surface area contributed by atoms with E-state index >= 15 is 0 Å². The van der Waals surface area contributed by atoms with Gasteiger partial charge in [0.05, 0.1) is 0 Å². The molecular formula is C6H16OSSi. The average Bonchev–Trinajstić information content (AvgIpc) is 1.89. The zero-order chi connectivity index (χ0) is 6.95. The van der Waals surface area contributed by atoms with Gasteiger partial charge >= 0.3 is 0 Å². The highest BCUT2D eigenvalue weighted by Crippen LogP contribution is 2.00. The van der Waals surface area contributed by atoms with Crippen LogP contribution in [-0.4, -0.2) is 22.6 Å². The van der Waals surface area contributed by atoms with E-state index in [2.05, 4.69) is 12.6 Å². The number of unbranched alkanes of at least 4 members (excludes halogenated alkanes) is 2. The summed E-state index contributed by atoms with van der Waals surface area (Å²) in [4.78, 5) is 0. The Balaban J connectivity index is 2.60. The minimum Gasteiger partial charge on any atom is -0.427 e. The summed E-state index contributed by atoms with van der Waals surface area (Å²) in [6.45, 7) is 0. The van der Waals surface area contributed by atoms with Crippen LogP contribution >= 0.6 is 12.6 Å². The van der Waals surface area contributed by atoms with Gasteiger partial charge < -0.3 is 4.43 Å². The summed E-state index contributed by atoms with van der Waals surface area (Å²) in [6, 6.07) is 1.34. The molecule has 0 aromatic rings. The quantitative estimate of drug-likeness (QED) is 0.353. The zero-order valence-corrected chi connectivity index (χ0v) is 8.41. The van der Waals surface area contributed by atoms with Crippen molar-refractivity contribution in [1.29, 1.82) is 0 Å². The van der Waals surface area contributed by atoms with Crippen LogP contribution < -0.4 is 0 Å². The molecule has 0 saturated carbocycles. The standard InChI is InChI=1S/C6H16OSSi/c1-7-9-6-4-2-3-5-8/h8H,2-6,9H2,1H3. The highest BCUT2D eigenvalue weighted by atomic mass is 32.1. The van der Waals surface area contributed by atoms with E-state index in [4.69, 9.17) is 4.43 Å². The second kappa shape index (κ2) is 8.53. The van der Waals surface area contributed by atoms with E-state index in [1.165, 1.54) is 25.3 Å². The van der Waals surface area contributed by atoms with Crippen LogP contribution in [0.3, 0.4) is 0 Å². The highest BCUT2D eigenvalue weighted by Gasteiger charge is 1.87. The van der Waals surface area contributed by atoms with E-state index in [-0.39, 0.29) is 9.76 Å². The van der Waals surface area contributed by atoms with Crippen molar-refractivity contribution in [3.05, 3.63) is 0 Å². The minimum atomic E-state index is -0.131. The SMILES string of the molecule is CO[SiH2]CCCCCS. The van der Waals surface area contributed by atoms with Crippen LogP contribution in [0.4, 0.5) is 0 Å².